The summed E-state index contributed by atoms with van der Waals surface area (Å²) in [6, 6.07) is 1.57. The highest BCUT2D eigenvalue weighted by atomic mass is 19.1. The second-order valence-electron chi connectivity index (χ2n) is 11.0. The number of rotatable bonds is 7. The van der Waals surface area contributed by atoms with Gasteiger partial charge in [-0.1, -0.05) is 19.4 Å². The number of halogens is 1. The molecule has 2 atom stereocenters. The summed E-state index contributed by atoms with van der Waals surface area (Å²) < 4.78 is 20.4. The van der Waals surface area contributed by atoms with Crippen molar-refractivity contribution in [1.82, 2.24) is 15.2 Å². The first-order chi connectivity index (χ1) is 19.3. The average Bonchev–Trinajstić information content (AvgIpc) is 2.97. The fraction of sp³-hybridized carbons (Fsp3) is 0.500. The number of nitrogens with zero attached hydrogens (tertiary/aromatic N) is 2. The van der Waals surface area contributed by atoms with Crippen LogP contribution in [-0.2, 0) is 32.1 Å². The standard InChI is InChI=1S/C30H35FN2O3.C2H5NO/c1-5-18(15-34)21-11-12-26-23(14-33(3)30(35)24(21)16-36-4)28-22(19-7-6-8-19)10-9-20-17(2)25(31)13-27(32-26)29(20)28;1-3-2-4/h11-13,15,18-19,22H,5-10,14,16H2,1-4H3;2H,1H3,(H,3,4)/b12-11+,24-21+;. The molecule has 8 heteroatoms. The number of hydrogen-bond acceptors (Lipinski definition) is 5. The zero-order chi connectivity index (χ0) is 29.0. The topological polar surface area (TPSA) is 88.6 Å². The Morgan fingerprint density at radius 2 is 1.95 bits per heavy atom. The Bertz CT molecular complexity index is 1360. The smallest absolute Gasteiger partial charge is 0.252 e. The molecule has 7 nitrogen and oxygen atoms in total. The number of pyridine rings is 1. The molecule has 1 fully saturated rings. The highest BCUT2D eigenvalue weighted by Crippen LogP contribution is 2.50. The lowest BCUT2D eigenvalue weighted by molar-refractivity contribution is -0.127. The number of aryl methyl sites for hydroxylation is 1. The SMILES string of the molecule is CCC(C=O)C1=C(\COC)C(=O)N(C)Cc2c(nc3cc(F)c(C)c4c3c2C(C2CCC2)CC4)\C=C\1.CNC=O. The molecule has 1 N–H and O–H groups in total. The molecule has 1 saturated carbocycles. The van der Waals surface area contributed by atoms with Crippen LogP contribution in [0.3, 0.4) is 0 Å². The Morgan fingerprint density at radius 3 is 2.52 bits per heavy atom. The quantitative estimate of drug-likeness (QED) is 0.490. The predicted octanol–water partition coefficient (Wildman–Crippen LogP) is 5.03. The molecule has 0 radical (unpaired) electrons. The van der Waals surface area contributed by atoms with Crippen molar-refractivity contribution >= 4 is 35.6 Å². The molecule has 2 heterocycles. The van der Waals surface area contributed by atoms with Crippen LogP contribution in [0.15, 0.2) is 23.3 Å². The molecule has 40 heavy (non-hydrogen) atoms. The fourth-order valence-corrected chi connectivity index (χ4v) is 6.40. The first-order valence-electron chi connectivity index (χ1n) is 14.2. The molecule has 0 bridgehead atoms. The van der Waals surface area contributed by atoms with Crippen LogP contribution in [0.4, 0.5) is 4.39 Å². The minimum atomic E-state index is -0.418. The number of methoxy groups -OCH3 is 1. The van der Waals surface area contributed by atoms with E-state index in [1.807, 2.05) is 33.0 Å². The molecule has 5 rings (SSSR count). The van der Waals surface area contributed by atoms with E-state index >= 15 is 0 Å². The number of allylic oxidation sites excluding steroid dienone is 2. The summed E-state index contributed by atoms with van der Waals surface area (Å²) in [5.41, 5.74) is 6.70. The summed E-state index contributed by atoms with van der Waals surface area (Å²) >= 11 is 0. The molecule has 1 aliphatic heterocycles. The number of likely N-dealkylation sites (N-methyl/N-ethyl adjacent to an activating group) is 1. The lowest BCUT2D eigenvalue weighted by Gasteiger charge is -2.39. The van der Waals surface area contributed by atoms with Gasteiger partial charge in [-0.25, -0.2) is 9.37 Å². The van der Waals surface area contributed by atoms with Crippen molar-refractivity contribution in [2.24, 2.45) is 11.8 Å². The van der Waals surface area contributed by atoms with Crippen molar-refractivity contribution in [2.45, 2.75) is 64.8 Å². The van der Waals surface area contributed by atoms with Gasteiger partial charge in [0.15, 0.2) is 0 Å². The third-order valence-electron chi connectivity index (χ3n) is 8.75. The summed E-state index contributed by atoms with van der Waals surface area (Å²) in [7, 11) is 4.93. The third-order valence-corrected chi connectivity index (χ3v) is 8.75. The molecule has 0 saturated heterocycles. The Hall–Kier alpha value is -3.39. The summed E-state index contributed by atoms with van der Waals surface area (Å²) in [6.07, 6.45) is 11.4. The fourth-order valence-electron chi connectivity index (χ4n) is 6.40. The predicted molar refractivity (Wildman–Crippen MR) is 154 cm³/mol. The van der Waals surface area contributed by atoms with Crippen LogP contribution < -0.4 is 5.32 Å². The number of carbonyl (C=O) groups is 3. The lowest BCUT2D eigenvalue weighted by atomic mass is 9.66. The molecule has 1 aromatic carbocycles. The number of amides is 2. The second-order valence-corrected chi connectivity index (χ2v) is 11.0. The Kier molecular flexibility index (Phi) is 9.51. The summed E-state index contributed by atoms with van der Waals surface area (Å²) in [5.74, 6) is 0.236. The van der Waals surface area contributed by atoms with E-state index in [4.69, 9.17) is 14.5 Å². The second kappa shape index (κ2) is 12.9. The van der Waals surface area contributed by atoms with Crippen molar-refractivity contribution in [3.05, 3.63) is 57.1 Å². The van der Waals surface area contributed by atoms with Gasteiger partial charge in [0.25, 0.3) is 5.91 Å². The van der Waals surface area contributed by atoms with Gasteiger partial charge >= 0.3 is 0 Å². The van der Waals surface area contributed by atoms with Crippen LogP contribution in [0, 0.1) is 24.6 Å². The minimum absolute atomic E-state index is 0.130. The lowest BCUT2D eigenvalue weighted by Crippen LogP contribution is -2.32. The van der Waals surface area contributed by atoms with E-state index in [0.29, 0.717) is 53.4 Å². The Morgan fingerprint density at radius 1 is 1.23 bits per heavy atom. The van der Waals surface area contributed by atoms with Crippen molar-refractivity contribution in [3.63, 3.8) is 0 Å². The molecule has 1 aromatic heterocycles. The summed E-state index contributed by atoms with van der Waals surface area (Å²) in [4.78, 5) is 41.4. The number of aromatic nitrogens is 1. The van der Waals surface area contributed by atoms with Gasteiger partial charge in [0.2, 0.25) is 6.41 Å². The van der Waals surface area contributed by atoms with Gasteiger partial charge < -0.3 is 19.7 Å². The van der Waals surface area contributed by atoms with E-state index in [1.165, 1.54) is 24.8 Å². The van der Waals surface area contributed by atoms with Gasteiger partial charge in [0, 0.05) is 56.3 Å². The highest BCUT2D eigenvalue weighted by Gasteiger charge is 2.37. The monoisotopic (exact) mass is 549 g/mol. The number of aldehydes is 1. The van der Waals surface area contributed by atoms with Crippen LogP contribution in [0.1, 0.15) is 72.9 Å². The molecular formula is C32H40FN3O4. The number of ether oxygens (including phenoxy) is 1. The summed E-state index contributed by atoms with van der Waals surface area (Å²) in [5, 5.41) is 3.34. The van der Waals surface area contributed by atoms with Crippen LogP contribution in [0.5, 0.6) is 0 Å². The molecule has 2 unspecified atom stereocenters. The zero-order valence-electron chi connectivity index (χ0n) is 24.2. The molecule has 3 aliphatic rings. The first kappa shape index (κ1) is 29.6. The Labute approximate surface area is 235 Å². The van der Waals surface area contributed by atoms with E-state index in [0.717, 1.165) is 41.3 Å². The largest absolute Gasteiger partial charge is 0.380 e. The van der Waals surface area contributed by atoms with E-state index in [-0.39, 0.29) is 18.3 Å². The zero-order valence-corrected chi connectivity index (χ0v) is 24.2. The van der Waals surface area contributed by atoms with E-state index in [2.05, 4.69) is 5.32 Å². The molecule has 2 aliphatic carbocycles. The highest BCUT2D eigenvalue weighted by molar-refractivity contribution is 5.97. The number of hydrogen-bond donors (Lipinski definition) is 1. The molecule has 0 spiro atoms. The van der Waals surface area contributed by atoms with Crippen LogP contribution in [0.2, 0.25) is 0 Å². The maximum atomic E-state index is 15.0. The maximum absolute atomic E-state index is 15.0. The number of benzene rings is 1. The molecular weight excluding hydrogens is 509 g/mol. The van der Waals surface area contributed by atoms with E-state index < -0.39 is 5.92 Å². The van der Waals surface area contributed by atoms with Crippen LogP contribution in [-0.4, -0.2) is 56.3 Å². The maximum Gasteiger partial charge on any atom is 0.252 e. The van der Waals surface area contributed by atoms with Gasteiger partial charge in [0.1, 0.15) is 12.1 Å². The van der Waals surface area contributed by atoms with Gasteiger partial charge in [-0.2, -0.15) is 0 Å². The van der Waals surface area contributed by atoms with Gasteiger partial charge in [0.05, 0.1) is 17.8 Å². The average molecular weight is 550 g/mol. The Balaban J connectivity index is 0.000000867. The summed E-state index contributed by atoms with van der Waals surface area (Å²) in [6.45, 7) is 4.34. The molecule has 2 aromatic rings. The first-order valence-corrected chi connectivity index (χ1v) is 14.2. The van der Waals surface area contributed by atoms with Crippen molar-refractivity contribution in [2.75, 3.05) is 27.8 Å². The van der Waals surface area contributed by atoms with Gasteiger partial charge in [-0.05, 0) is 79.2 Å². The normalized spacial score (nSPS) is 22.1. The van der Waals surface area contributed by atoms with Gasteiger partial charge in [-0.15, -0.1) is 0 Å². The number of fused-ring (bicyclic) bond motifs is 2. The van der Waals surface area contributed by atoms with Crippen molar-refractivity contribution < 1.29 is 23.5 Å². The van der Waals surface area contributed by atoms with Gasteiger partial charge in [-0.3, -0.25) is 9.59 Å². The van der Waals surface area contributed by atoms with Crippen molar-refractivity contribution in [1.29, 1.82) is 0 Å². The number of nitrogens with one attached hydrogen (secondary N) is 1. The molecule has 2 amide bonds. The number of carbonyl (C=O) groups excluding carboxylic acids is 3. The van der Waals surface area contributed by atoms with Crippen molar-refractivity contribution in [3.8, 4) is 0 Å². The minimum Gasteiger partial charge on any atom is -0.380 e. The van der Waals surface area contributed by atoms with Crippen LogP contribution >= 0.6 is 0 Å². The third kappa shape index (κ3) is 5.46. The van der Waals surface area contributed by atoms with Crippen LogP contribution in [0.25, 0.3) is 17.0 Å². The van der Waals surface area contributed by atoms with E-state index in [1.54, 1.807) is 25.1 Å². The van der Waals surface area contributed by atoms with E-state index in [9.17, 15) is 14.0 Å². The molecule has 214 valence electrons.